The Morgan fingerprint density at radius 1 is 1.24 bits per heavy atom. The second-order valence-corrected chi connectivity index (χ2v) is 8.05. The highest BCUT2D eigenvalue weighted by molar-refractivity contribution is 7.13. The molecule has 0 saturated carbocycles. The number of carbonyl (C=O) groups is 1. The van der Waals surface area contributed by atoms with Gasteiger partial charge in [0, 0.05) is 34.7 Å². The van der Waals surface area contributed by atoms with E-state index in [1.165, 1.54) is 11.3 Å². The summed E-state index contributed by atoms with van der Waals surface area (Å²) in [6, 6.07) is 15.3. The first-order chi connectivity index (χ1) is 14.2. The van der Waals surface area contributed by atoms with Crippen molar-refractivity contribution >= 4 is 28.8 Å². The third kappa shape index (κ3) is 5.15. The smallest absolute Gasteiger partial charge is 0.270 e. The van der Waals surface area contributed by atoms with Crippen molar-refractivity contribution in [3.63, 3.8) is 0 Å². The van der Waals surface area contributed by atoms with E-state index in [2.05, 4.69) is 10.3 Å². The molecule has 1 saturated heterocycles. The first-order valence-corrected chi connectivity index (χ1v) is 10.8. The Kier molecular flexibility index (Phi) is 6.44. The van der Waals surface area contributed by atoms with Crippen LogP contribution in [-0.2, 0) is 11.3 Å². The molecule has 1 aliphatic heterocycles. The van der Waals surface area contributed by atoms with Gasteiger partial charge in [0.25, 0.3) is 5.91 Å². The standard InChI is InChI=1S/C22H21ClN2O3S/c23-19-6-2-1-4-16(19)13-28-17-9-7-15(8-10-17)22-25-20(14-29-22)21(26)24-12-18-5-3-11-27-18/h1-2,4,6-10,14,18H,3,5,11-13H2,(H,24,26). The lowest BCUT2D eigenvalue weighted by atomic mass is 10.2. The third-order valence-corrected chi connectivity index (χ3v) is 5.96. The average molecular weight is 429 g/mol. The minimum Gasteiger partial charge on any atom is -0.489 e. The van der Waals surface area contributed by atoms with Crippen molar-refractivity contribution in [3.05, 3.63) is 70.2 Å². The van der Waals surface area contributed by atoms with Crippen LogP contribution < -0.4 is 10.1 Å². The molecule has 0 aliphatic carbocycles. The van der Waals surface area contributed by atoms with Crippen LogP contribution in [0.15, 0.2) is 53.9 Å². The summed E-state index contributed by atoms with van der Waals surface area (Å²) in [5.74, 6) is 0.586. The van der Waals surface area contributed by atoms with Crippen LogP contribution in [0.5, 0.6) is 5.75 Å². The Bertz CT molecular complexity index is 968. The molecule has 0 spiro atoms. The number of rotatable bonds is 7. The summed E-state index contributed by atoms with van der Waals surface area (Å²) in [5, 5.41) is 6.17. The van der Waals surface area contributed by atoms with Crippen LogP contribution in [0.2, 0.25) is 5.02 Å². The lowest BCUT2D eigenvalue weighted by Gasteiger charge is -2.09. The quantitative estimate of drug-likeness (QED) is 0.578. The van der Waals surface area contributed by atoms with Gasteiger partial charge in [-0.3, -0.25) is 4.79 Å². The zero-order chi connectivity index (χ0) is 20.1. The highest BCUT2D eigenvalue weighted by Crippen LogP contribution is 2.26. The monoisotopic (exact) mass is 428 g/mol. The number of carbonyl (C=O) groups excluding carboxylic acids is 1. The molecule has 2 aromatic carbocycles. The molecule has 1 atom stereocenters. The van der Waals surface area contributed by atoms with E-state index in [4.69, 9.17) is 21.1 Å². The van der Waals surface area contributed by atoms with Crippen LogP contribution in [0.1, 0.15) is 28.9 Å². The van der Waals surface area contributed by atoms with Gasteiger partial charge in [-0.05, 0) is 43.2 Å². The Morgan fingerprint density at radius 2 is 2.07 bits per heavy atom. The zero-order valence-corrected chi connectivity index (χ0v) is 17.3. The number of nitrogens with zero attached hydrogens (tertiary/aromatic N) is 1. The number of nitrogens with one attached hydrogen (secondary N) is 1. The summed E-state index contributed by atoms with van der Waals surface area (Å²) in [5.41, 5.74) is 2.32. The lowest BCUT2D eigenvalue weighted by Crippen LogP contribution is -2.31. The van der Waals surface area contributed by atoms with E-state index in [9.17, 15) is 4.79 Å². The van der Waals surface area contributed by atoms with Crippen molar-refractivity contribution < 1.29 is 14.3 Å². The molecule has 0 radical (unpaired) electrons. The number of benzene rings is 2. The molecule has 29 heavy (non-hydrogen) atoms. The van der Waals surface area contributed by atoms with Gasteiger partial charge < -0.3 is 14.8 Å². The fourth-order valence-electron chi connectivity index (χ4n) is 3.08. The van der Waals surface area contributed by atoms with Gasteiger partial charge in [-0.1, -0.05) is 29.8 Å². The van der Waals surface area contributed by atoms with Crippen molar-refractivity contribution in [2.45, 2.75) is 25.6 Å². The van der Waals surface area contributed by atoms with E-state index in [0.29, 0.717) is 23.9 Å². The van der Waals surface area contributed by atoms with E-state index >= 15 is 0 Å². The number of amides is 1. The summed E-state index contributed by atoms with van der Waals surface area (Å²) in [7, 11) is 0. The number of thiazole rings is 1. The van der Waals surface area contributed by atoms with Crippen LogP contribution >= 0.6 is 22.9 Å². The molecular formula is C22H21ClN2O3S. The second kappa shape index (κ2) is 9.39. The number of ether oxygens (including phenoxy) is 2. The predicted molar refractivity (Wildman–Crippen MR) is 115 cm³/mol. The second-order valence-electron chi connectivity index (χ2n) is 6.79. The fraction of sp³-hybridized carbons (Fsp3) is 0.273. The SMILES string of the molecule is O=C(NCC1CCCO1)c1csc(-c2ccc(OCc3ccccc3Cl)cc2)n1. The predicted octanol–water partition coefficient (Wildman–Crippen LogP) is 4.95. The first-order valence-electron chi connectivity index (χ1n) is 9.51. The number of hydrogen-bond acceptors (Lipinski definition) is 5. The maximum Gasteiger partial charge on any atom is 0.270 e. The number of halogens is 1. The number of hydrogen-bond donors (Lipinski definition) is 1. The van der Waals surface area contributed by atoms with Gasteiger partial charge in [-0.25, -0.2) is 4.98 Å². The van der Waals surface area contributed by atoms with E-state index in [1.54, 1.807) is 5.38 Å². The minimum atomic E-state index is -0.164. The van der Waals surface area contributed by atoms with E-state index in [0.717, 1.165) is 41.3 Å². The van der Waals surface area contributed by atoms with Gasteiger partial charge in [-0.2, -0.15) is 0 Å². The molecule has 0 bridgehead atoms. The molecule has 1 unspecified atom stereocenters. The summed E-state index contributed by atoms with van der Waals surface area (Å²) in [6.45, 7) is 1.72. The molecule has 1 fully saturated rings. The first kappa shape index (κ1) is 19.9. The normalized spacial score (nSPS) is 16.0. The number of aromatic nitrogens is 1. The topological polar surface area (TPSA) is 60.5 Å². The lowest BCUT2D eigenvalue weighted by molar-refractivity contribution is 0.0854. The Morgan fingerprint density at radius 3 is 2.83 bits per heavy atom. The molecule has 7 heteroatoms. The molecule has 4 rings (SSSR count). The summed E-state index contributed by atoms with van der Waals surface area (Å²) >= 11 is 7.60. The van der Waals surface area contributed by atoms with Gasteiger partial charge >= 0.3 is 0 Å². The molecule has 1 aliphatic rings. The molecule has 5 nitrogen and oxygen atoms in total. The third-order valence-electron chi connectivity index (χ3n) is 4.70. The molecule has 1 N–H and O–H groups in total. The minimum absolute atomic E-state index is 0.121. The van der Waals surface area contributed by atoms with Crippen molar-refractivity contribution in [1.29, 1.82) is 0 Å². The Balaban J connectivity index is 1.34. The highest BCUT2D eigenvalue weighted by Gasteiger charge is 2.18. The summed E-state index contributed by atoms with van der Waals surface area (Å²) in [6.07, 6.45) is 2.17. The van der Waals surface area contributed by atoms with Crippen molar-refractivity contribution in [1.82, 2.24) is 10.3 Å². The average Bonchev–Trinajstić information content (AvgIpc) is 3.44. The molecular weight excluding hydrogens is 408 g/mol. The van der Waals surface area contributed by atoms with Gasteiger partial charge in [0.05, 0.1) is 6.10 Å². The summed E-state index contributed by atoms with van der Waals surface area (Å²) < 4.78 is 11.3. The van der Waals surface area contributed by atoms with Crippen LogP contribution in [0.4, 0.5) is 0 Å². The molecule has 3 aromatic rings. The Labute approximate surface area is 178 Å². The van der Waals surface area contributed by atoms with E-state index in [-0.39, 0.29) is 12.0 Å². The van der Waals surface area contributed by atoms with Crippen molar-refractivity contribution in [3.8, 4) is 16.3 Å². The van der Waals surface area contributed by atoms with Crippen molar-refractivity contribution in [2.24, 2.45) is 0 Å². The molecule has 150 valence electrons. The highest BCUT2D eigenvalue weighted by atomic mass is 35.5. The maximum atomic E-state index is 12.3. The van der Waals surface area contributed by atoms with Gasteiger partial charge in [0.1, 0.15) is 23.1 Å². The fourth-order valence-corrected chi connectivity index (χ4v) is 4.08. The van der Waals surface area contributed by atoms with Crippen LogP contribution in [-0.4, -0.2) is 30.1 Å². The largest absolute Gasteiger partial charge is 0.489 e. The molecule has 1 amide bonds. The van der Waals surface area contributed by atoms with E-state index in [1.807, 2.05) is 48.5 Å². The maximum absolute atomic E-state index is 12.3. The van der Waals surface area contributed by atoms with Crippen LogP contribution in [0.3, 0.4) is 0 Å². The van der Waals surface area contributed by atoms with Crippen molar-refractivity contribution in [2.75, 3.05) is 13.2 Å². The van der Waals surface area contributed by atoms with E-state index < -0.39 is 0 Å². The van der Waals surface area contributed by atoms with Crippen LogP contribution in [0.25, 0.3) is 10.6 Å². The van der Waals surface area contributed by atoms with Gasteiger partial charge in [0.15, 0.2) is 0 Å². The summed E-state index contributed by atoms with van der Waals surface area (Å²) in [4.78, 5) is 16.8. The van der Waals surface area contributed by atoms with Crippen LogP contribution in [0, 0.1) is 0 Å². The Hall–Kier alpha value is -2.41. The molecule has 2 heterocycles. The zero-order valence-electron chi connectivity index (χ0n) is 15.8. The van der Waals surface area contributed by atoms with Gasteiger partial charge in [-0.15, -0.1) is 11.3 Å². The van der Waals surface area contributed by atoms with Gasteiger partial charge in [0.2, 0.25) is 0 Å². The molecule has 1 aromatic heterocycles.